The monoisotopic (exact) mass is 288 g/mol. The zero-order valence-electron chi connectivity index (χ0n) is 13.0. The van der Waals surface area contributed by atoms with Gasteiger partial charge in [0.2, 0.25) is 0 Å². The van der Waals surface area contributed by atoms with Crippen molar-refractivity contribution < 1.29 is 0 Å². The van der Waals surface area contributed by atoms with Gasteiger partial charge in [-0.1, -0.05) is 38.1 Å². The molecule has 2 atom stereocenters. The Morgan fingerprint density at radius 1 is 0.950 bits per heavy atom. The lowest BCUT2D eigenvalue weighted by atomic mass is 9.99. The van der Waals surface area contributed by atoms with Gasteiger partial charge in [-0.05, 0) is 37.8 Å². The molecule has 0 aliphatic carbocycles. The van der Waals surface area contributed by atoms with Crippen LogP contribution >= 0.6 is 11.3 Å². The number of hydrogen-bond donors (Lipinski definition) is 1. The van der Waals surface area contributed by atoms with Gasteiger partial charge < -0.3 is 5.32 Å². The first-order valence-electron chi connectivity index (χ1n) is 7.25. The fourth-order valence-corrected chi connectivity index (χ4v) is 3.10. The molecule has 2 unspecified atom stereocenters. The van der Waals surface area contributed by atoms with Crippen LogP contribution in [0.15, 0.2) is 29.6 Å². The maximum absolute atomic E-state index is 4.55. The number of aryl methyl sites for hydroxylation is 1. The Hall–Kier alpha value is -1.19. The van der Waals surface area contributed by atoms with Crippen LogP contribution in [0.1, 0.15) is 67.5 Å². The lowest BCUT2D eigenvalue weighted by Gasteiger charge is -2.19. The van der Waals surface area contributed by atoms with Gasteiger partial charge in [-0.25, -0.2) is 4.98 Å². The molecule has 2 rings (SSSR count). The average molecular weight is 288 g/mol. The van der Waals surface area contributed by atoms with Crippen molar-refractivity contribution in [1.82, 2.24) is 10.3 Å². The summed E-state index contributed by atoms with van der Waals surface area (Å²) in [6, 6.07) is 9.54. The SMILES string of the molecule is Cc1csc(C(C)NC(C)c2ccc(C(C)C)cc2)n1. The molecule has 108 valence electrons. The summed E-state index contributed by atoms with van der Waals surface area (Å²) in [5.41, 5.74) is 3.83. The molecule has 0 aliphatic rings. The fourth-order valence-electron chi connectivity index (χ4n) is 2.28. The molecule has 0 aliphatic heterocycles. The molecular formula is C17H24N2S. The minimum absolute atomic E-state index is 0.286. The number of benzene rings is 1. The number of nitrogens with zero attached hydrogens (tertiary/aromatic N) is 1. The van der Waals surface area contributed by atoms with Crippen LogP contribution in [0, 0.1) is 6.92 Å². The molecule has 1 aromatic heterocycles. The van der Waals surface area contributed by atoms with E-state index in [1.807, 2.05) is 6.92 Å². The van der Waals surface area contributed by atoms with Gasteiger partial charge in [0.25, 0.3) is 0 Å². The number of thiazole rings is 1. The second-order valence-electron chi connectivity index (χ2n) is 5.76. The van der Waals surface area contributed by atoms with Crippen molar-refractivity contribution in [2.24, 2.45) is 0 Å². The van der Waals surface area contributed by atoms with Crippen molar-refractivity contribution in [1.29, 1.82) is 0 Å². The Morgan fingerprint density at radius 2 is 1.55 bits per heavy atom. The van der Waals surface area contributed by atoms with Crippen LogP contribution in [-0.2, 0) is 0 Å². The summed E-state index contributed by atoms with van der Waals surface area (Å²) in [4.78, 5) is 4.55. The van der Waals surface area contributed by atoms with Crippen molar-refractivity contribution in [2.45, 2.75) is 52.6 Å². The van der Waals surface area contributed by atoms with Gasteiger partial charge in [0, 0.05) is 17.1 Å². The molecule has 0 saturated carbocycles. The smallest absolute Gasteiger partial charge is 0.110 e. The van der Waals surface area contributed by atoms with Gasteiger partial charge in [0.05, 0.1) is 6.04 Å². The number of aromatic nitrogens is 1. The predicted octanol–water partition coefficient (Wildman–Crippen LogP) is 4.99. The van der Waals surface area contributed by atoms with E-state index in [-0.39, 0.29) is 6.04 Å². The highest BCUT2D eigenvalue weighted by atomic mass is 32.1. The minimum atomic E-state index is 0.286. The van der Waals surface area contributed by atoms with Crippen LogP contribution in [0.5, 0.6) is 0 Å². The van der Waals surface area contributed by atoms with Crippen molar-refractivity contribution in [3.8, 4) is 0 Å². The van der Waals surface area contributed by atoms with Gasteiger partial charge in [0.1, 0.15) is 5.01 Å². The van der Waals surface area contributed by atoms with E-state index >= 15 is 0 Å². The normalized spacial score (nSPS) is 14.5. The van der Waals surface area contributed by atoms with Gasteiger partial charge in [-0.15, -0.1) is 11.3 Å². The number of hydrogen-bond acceptors (Lipinski definition) is 3. The Balaban J connectivity index is 2.02. The molecule has 0 amide bonds. The molecule has 2 aromatic rings. The molecule has 0 saturated heterocycles. The van der Waals surface area contributed by atoms with E-state index in [2.05, 4.69) is 67.6 Å². The Morgan fingerprint density at radius 3 is 2.05 bits per heavy atom. The lowest BCUT2D eigenvalue weighted by molar-refractivity contribution is 0.492. The Bertz CT molecular complexity index is 542. The third-order valence-corrected chi connectivity index (χ3v) is 4.76. The maximum atomic E-state index is 4.55. The summed E-state index contributed by atoms with van der Waals surface area (Å²) in [7, 11) is 0. The molecule has 0 bridgehead atoms. The second kappa shape index (κ2) is 6.51. The molecule has 0 fully saturated rings. The molecule has 0 radical (unpaired) electrons. The van der Waals surface area contributed by atoms with Crippen LogP contribution < -0.4 is 5.32 Å². The quantitative estimate of drug-likeness (QED) is 0.838. The molecule has 0 spiro atoms. The third-order valence-electron chi connectivity index (χ3n) is 3.61. The van der Waals surface area contributed by atoms with Crippen LogP contribution in [0.25, 0.3) is 0 Å². The summed E-state index contributed by atoms with van der Waals surface area (Å²) in [5, 5.41) is 6.89. The molecule has 3 heteroatoms. The van der Waals surface area contributed by atoms with Crippen molar-refractivity contribution in [3.05, 3.63) is 51.5 Å². The predicted molar refractivity (Wildman–Crippen MR) is 87.3 cm³/mol. The van der Waals surface area contributed by atoms with E-state index in [0.717, 1.165) is 10.7 Å². The highest BCUT2D eigenvalue weighted by Gasteiger charge is 2.13. The zero-order valence-corrected chi connectivity index (χ0v) is 13.8. The van der Waals surface area contributed by atoms with Crippen molar-refractivity contribution in [3.63, 3.8) is 0 Å². The lowest BCUT2D eigenvalue weighted by Crippen LogP contribution is -2.22. The topological polar surface area (TPSA) is 24.9 Å². The first-order chi connectivity index (χ1) is 9.47. The highest BCUT2D eigenvalue weighted by molar-refractivity contribution is 7.09. The van der Waals surface area contributed by atoms with E-state index in [9.17, 15) is 0 Å². The number of nitrogens with one attached hydrogen (secondary N) is 1. The largest absolute Gasteiger partial charge is 0.302 e. The van der Waals surface area contributed by atoms with E-state index in [1.165, 1.54) is 11.1 Å². The molecular weight excluding hydrogens is 264 g/mol. The summed E-state index contributed by atoms with van der Waals surface area (Å²) < 4.78 is 0. The van der Waals surface area contributed by atoms with E-state index in [0.29, 0.717) is 12.0 Å². The fraction of sp³-hybridized carbons (Fsp3) is 0.471. The van der Waals surface area contributed by atoms with Crippen LogP contribution in [0.2, 0.25) is 0 Å². The highest BCUT2D eigenvalue weighted by Crippen LogP contribution is 2.23. The molecule has 1 N–H and O–H groups in total. The van der Waals surface area contributed by atoms with E-state index in [1.54, 1.807) is 11.3 Å². The molecule has 2 nitrogen and oxygen atoms in total. The number of rotatable bonds is 5. The average Bonchev–Trinajstić information content (AvgIpc) is 2.85. The third kappa shape index (κ3) is 3.68. The van der Waals surface area contributed by atoms with E-state index < -0.39 is 0 Å². The summed E-state index contributed by atoms with van der Waals surface area (Å²) in [6.45, 7) is 10.9. The Kier molecular flexibility index (Phi) is 4.95. The molecule has 20 heavy (non-hydrogen) atoms. The van der Waals surface area contributed by atoms with Gasteiger partial charge in [-0.3, -0.25) is 0 Å². The molecule has 1 heterocycles. The standard InChI is InChI=1S/C17H24N2S/c1-11(2)15-6-8-16(9-7-15)13(4)19-14(5)17-18-12(3)10-20-17/h6-11,13-14,19H,1-5H3. The van der Waals surface area contributed by atoms with Crippen LogP contribution in [0.4, 0.5) is 0 Å². The van der Waals surface area contributed by atoms with Gasteiger partial charge >= 0.3 is 0 Å². The first kappa shape index (κ1) is 15.2. The zero-order chi connectivity index (χ0) is 14.7. The summed E-state index contributed by atoms with van der Waals surface area (Å²) in [5.74, 6) is 0.588. The van der Waals surface area contributed by atoms with Gasteiger partial charge in [0.15, 0.2) is 0 Å². The van der Waals surface area contributed by atoms with E-state index in [4.69, 9.17) is 0 Å². The van der Waals surface area contributed by atoms with Gasteiger partial charge in [-0.2, -0.15) is 0 Å². The summed E-state index contributed by atoms with van der Waals surface area (Å²) in [6.07, 6.45) is 0. The maximum Gasteiger partial charge on any atom is 0.110 e. The minimum Gasteiger partial charge on any atom is -0.302 e. The van der Waals surface area contributed by atoms with Crippen LogP contribution in [0.3, 0.4) is 0 Å². The van der Waals surface area contributed by atoms with Crippen LogP contribution in [-0.4, -0.2) is 4.98 Å². The van der Waals surface area contributed by atoms with Crippen molar-refractivity contribution >= 4 is 11.3 Å². The Labute approximate surface area is 126 Å². The molecule has 1 aromatic carbocycles. The second-order valence-corrected chi connectivity index (χ2v) is 6.65. The summed E-state index contributed by atoms with van der Waals surface area (Å²) >= 11 is 1.73. The van der Waals surface area contributed by atoms with Crippen molar-refractivity contribution in [2.75, 3.05) is 0 Å². The first-order valence-corrected chi connectivity index (χ1v) is 8.13.